The smallest absolute Gasteiger partial charge is 0.231 e. The van der Waals surface area contributed by atoms with E-state index in [2.05, 4.69) is 24.0 Å². The van der Waals surface area contributed by atoms with Gasteiger partial charge in [0, 0.05) is 13.2 Å². The largest absolute Gasteiger partial charge is 0.370 e. The molecule has 0 saturated heterocycles. The van der Waals surface area contributed by atoms with Gasteiger partial charge in [-0.3, -0.25) is 0 Å². The lowest BCUT2D eigenvalue weighted by molar-refractivity contribution is -0.0527. The van der Waals surface area contributed by atoms with Crippen molar-refractivity contribution in [2.75, 3.05) is 7.11 Å². The highest BCUT2D eigenvalue weighted by Gasteiger charge is 2.39. The van der Waals surface area contributed by atoms with Crippen LogP contribution >= 0.6 is 0 Å². The Morgan fingerprint density at radius 2 is 1.85 bits per heavy atom. The van der Waals surface area contributed by atoms with Gasteiger partial charge in [0.05, 0.1) is 5.92 Å². The molecule has 2 unspecified atom stereocenters. The van der Waals surface area contributed by atoms with Gasteiger partial charge in [-0.15, -0.1) is 0 Å². The second kappa shape index (κ2) is 6.22. The van der Waals surface area contributed by atoms with E-state index in [1.165, 1.54) is 6.42 Å². The summed E-state index contributed by atoms with van der Waals surface area (Å²) in [6.07, 6.45) is 5.49. The fourth-order valence-electron chi connectivity index (χ4n) is 3.31. The van der Waals surface area contributed by atoms with Crippen molar-refractivity contribution in [1.82, 2.24) is 10.1 Å². The van der Waals surface area contributed by atoms with Gasteiger partial charge in [0.15, 0.2) is 0 Å². The summed E-state index contributed by atoms with van der Waals surface area (Å²) in [5, 5.41) is 4.20. The molecule has 5 heteroatoms. The summed E-state index contributed by atoms with van der Waals surface area (Å²) in [5.74, 6) is 1.80. The molecule has 2 atom stereocenters. The van der Waals surface area contributed by atoms with Gasteiger partial charge in [0.25, 0.3) is 0 Å². The highest BCUT2D eigenvalue weighted by atomic mass is 16.5. The Morgan fingerprint density at radius 3 is 2.35 bits per heavy atom. The standard InChI is InChI=1S/C15H27N3O2/c1-10(2)12(11(3)16)13-17-14(18-20-13)15(19-4)8-6-5-7-9-15/h10-12H,5-9,16H2,1-4H3. The molecular formula is C15H27N3O2. The molecule has 1 aliphatic carbocycles. The third-order valence-electron chi connectivity index (χ3n) is 4.47. The van der Waals surface area contributed by atoms with Crippen LogP contribution in [0.4, 0.5) is 0 Å². The predicted octanol–water partition coefficient (Wildman–Crippen LogP) is 2.96. The monoisotopic (exact) mass is 281 g/mol. The van der Waals surface area contributed by atoms with Crippen LogP contribution in [0.15, 0.2) is 4.52 Å². The lowest BCUT2D eigenvalue weighted by Crippen LogP contribution is -2.33. The number of nitrogens with zero attached hydrogens (tertiary/aromatic N) is 2. The van der Waals surface area contributed by atoms with E-state index in [1.807, 2.05) is 6.92 Å². The fraction of sp³-hybridized carbons (Fsp3) is 0.867. The molecule has 0 amide bonds. The van der Waals surface area contributed by atoms with Crippen molar-refractivity contribution in [2.24, 2.45) is 11.7 Å². The van der Waals surface area contributed by atoms with E-state index in [1.54, 1.807) is 7.11 Å². The molecule has 0 aromatic carbocycles. The predicted molar refractivity (Wildman–Crippen MR) is 77.3 cm³/mol. The molecule has 2 rings (SSSR count). The Kier molecular flexibility index (Phi) is 4.81. The summed E-state index contributed by atoms with van der Waals surface area (Å²) < 4.78 is 11.3. The highest BCUT2D eigenvalue weighted by Crippen LogP contribution is 2.39. The minimum atomic E-state index is -0.362. The van der Waals surface area contributed by atoms with Crippen LogP contribution in [0.25, 0.3) is 0 Å². The molecule has 1 fully saturated rings. The molecule has 5 nitrogen and oxygen atoms in total. The van der Waals surface area contributed by atoms with Crippen LogP contribution in [0.5, 0.6) is 0 Å². The summed E-state index contributed by atoms with van der Waals surface area (Å²) >= 11 is 0. The van der Waals surface area contributed by atoms with Gasteiger partial charge in [-0.25, -0.2) is 0 Å². The van der Waals surface area contributed by atoms with E-state index < -0.39 is 0 Å². The van der Waals surface area contributed by atoms with Gasteiger partial charge in [-0.2, -0.15) is 4.98 Å². The van der Waals surface area contributed by atoms with E-state index >= 15 is 0 Å². The summed E-state index contributed by atoms with van der Waals surface area (Å²) in [6.45, 7) is 6.25. The van der Waals surface area contributed by atoms with Crippen LogP contribution in [0, 0.1) is 5.92 Å². The summed E-state index contributed by atoms with van der Waals surface area (Å²) in [6, 6.07) is -0.00634. The minimum absolute atomic E-state index is 0.00634. The maximum Gasteiger partial charge on any atom is 0.231 e. The van der Waals surface area contributed by atoms with Crippen LogP contribution in [-0.2, 0) is 10.3 Å². The van der Waals surface area contributed by atoms with Gasteiger partial charge in [-0.05, 0) is 25.7 Å². The molecule has 1 heterocycles. The quantitative estimate of drug-likeness (QED) is 0.898. The number of hydrogen-bond donors (Lipinski definition) is 1. The summed E-state index contributed by atoms with van der Waals surface area (Å²) in [7, 11) is 1.74. The zero-order valence-corrected chi connectivity index (χ0v) is 13.1. The van der Waals surface area contributed by atoms with Crippen LogP contribution in [0.1, 0.15) is 70.5 Å². The normalized spacial score (nSPS) is 21.9. The fourth-order valence-corrected chi connectivity index (χ4v) is 3.31. The molecule has 1 saturated carbocycles. The Bertz CT molecular complexity index is 415. The number of methoxy groups -OCH3 is 1. The van der Waals surface area contributed by atoms with Crippen LogP contribution in [0.2, 0.25) is 0 Å². The van der Waals surface area contributed by atoms with Crippen molar-refractivity contribution in [2.45, 2.75) is 70.4 Å². The second-order valence-corrected chi connectivity index (χ2v) is 6.34. The van der Waals surface area contributed by atoms with E-state index in [9.17, 15) is 0 Å². The van der Waals surface area contributed by atoms with Gasteiger partial charge in [0.1, 0.15) is 5.60 Å². The Morgan fingerprint density at radius 1 is 1.20 bits per heavy atom. The highest BCUT2D eigenvalue weighted by molar-refractivity contribution is 5.07. The van der Waals surface area contributed by atoms with Crippen LogP contribution in [0.3, 0.4) is 0 Å². The average molecular weight is 281 g/mol. The lowest BCUT2D eigenvalue weighted by Gasteiger charge is -2.32. The molecule has 0 spiro atoms. The van der Waals surface area contributed by atoms with Crippen molar-refractivity contribution in [3.05, 3.63) is 11.7 Å². The first-order chi connectivity index (χ1) is 9.50. The molecule has 2 N–H and O–H groups in total. The van der Waals surface area contributed by atoms with Crippen LogP contribution in [-0.4, -0.2) is 23.3 Å². The SMILES string of the molecule is COC1(c2noc(C(C(C)C)C(C)N)n2)CCCCC1. The zero-order valence-electron chi connectivity index (χ0n) is 13.1. The summed E-state index contributed by atoms with van der Waals surface area (Å²) in [4.78, 5) is 4.64. The number of hydrogen-bond acceptors (Lipinski definition) is 5. The van der Waals surface area contributed by atoms with Gasteiger partial charge >= 0.3 is 0 Å². The second-order valence-electron chi connectivity index (χ2n) is 6.34. The van der Waals surface area contributed by atoms with Crippen molar-refractivity contribution in [3.63, 3.8) is 0 Å². The Labute approximate surface area is 121 Å². The molecule has 1 aromatic rings. The third-order valence-corrected chi connectivity index (χ3v) is 4.47. The topological polar surface area (TPSA) is 74.2 Å². The van der Waals surface area contributed by atoms with Gasteiger partial charge in [0.2, 0.25) is 11.7 Å². The van der Waals surface area contributed by atoms with E-state index in [-0.39, 0.29) is 17.6 Å². The molecule has 0 radical (unpaired) electrons. The van der Waals surface area contributed by atoms with E-state index in [0.29, 0.717) is 17.6 Å². The minimum Gasteiger partial charge on any atom is -0.370 e. The average Bonchev–Trinajstić information content (AvgIpc) is 2.88. The molecule has 20 heavy (non-hydrogen) atoms. The third kappa shape index (κ3) is 2.88. The Balaban J connectivity index is 2.27. The number of ether oxygens (including phenoxy) is 1. The maximum atomic E-state index is 6.06. The van der Waals surface area contributed by atoms with Crippen LogP contribution < -0.4 is 5.73 Å². The first-order valence-corrected chi connectivity index (χ1v) is 7.65. The molecule has 114 valence electrons. The molecule has 0 aliphatic heterocycles. The van der Waals surface area contributed by atoms with Crippen molar-refractivity contribution in [1.29, 1.82) is 0 Å². The van der Waals surface area contributed by atoms with Crippen molar-refractivity contribution in [3.8, 4) is 0 Å². The number of nitrogens with two attached hydrogens (primary N) is 1. The molecule has 1 aromatic heterocycles. The van der Waals surface area contributed by atoms with Crippen molar-refractivity contribution < 1.29 is 9.26 Å². The number of rotatable bonds is 5. The summed E-state index contributed by atoms with van der Waals surface area (Å²) in [5.41, 5.74) is 5.70. The number of aromatic nitrogens is 2. The van der Waals surface area contributed by atoms with E-state index in [4.69, 9.17) is 15.0 Å². The molecule has 1 aliphatic rings. The first-order valence-electron chi connectivity index (χ1n) is 7.65. The Hall–Kier alpha value is -0.940. The van der Waals surface area contributed by atoms with Gasteiger partial charge < -0.3 is 15.0 Å². The molecule has 0 bridgehead atoms. The van der Waals surface area contributed by atoms with Crippen molar-refractivity contribution >= 4 is 0 Å². The van der Waals surface area contributed by atoms with E-state index in [0.717, 1.165) is 25.7 Å². The zero-order chi connectivity index (χ0) is 14.8. The lowest BCUT2D eigenvalue weighted by atomic mass is 9.84. The first kappa shape index (κ1) is 15.4. The maximum absolute atomic E-state index is 6.06. The molecular weight excluding hydrogens is 254 g/mol. The van der Waals surface area contributed by atoms with Gasteiger partial charge in [-0.1, -0.05) is 38.3 Å².